The topological polar surface area (TPSA) is 94.8 Å². The minimum Gasteiger partial charge on any atom is -0.393 e. The average Bonchev–Trinajstić information content (AvgIpc) is 2.82. The van der Waals surface area contributed by atoms with E-state index in [2.05, 4.69) is 6.92 Å². The van der Waals surface area contributed by atoms with Gasteiger partial charge in [0.15, 0.2) is 11.6 Å². The van der Waals surface area contributed by atoms with Crippen LogP contribution in [0.3, 0.4) is 0 Å². The van der Waals surface area contributed by atoms with Gasteiger partial charge < -0.3 is 15.3 Å². The molecule has 150 valence electrons. The number of aliphatic hydroxyl groups is 3. The van der Waals surface area contributed by atoms with E-state index < -0.39 is 29.5 Å². The quantitative estimate of drug-likeness (QED) is 0.685. The molecule has 4 rings (SSSR count). The van der Waals surface area contributed by atoms with Crippen molar-refractivity contribution in [2.24, 2.45) is 34.5 Å². The molecule has 3 fully saturated rings. The zero-order chi connectivity index (χ0) is 19.8. The highest BCUT2D eigenvalue weighted by atomic mass is 16.3. The summed E-state index contributed by atoms with van der Waals surface area (Å²) in [5.74, 6) is -0.155. The van der Waals surface area contributed by atoms with Crippen LogP contribution in [0.1, 0.15) is 59.3 Å². The van der Waals surface area contributed by atoms with Crippen LogP contribution in [0.5, 0.6) is 0 Å². The second-order valence-corrected chi connectivity index (χ2v) is 10.1. The van der Waals surface area contributed by atoms with Crippen molar-refractivity contribution in [3.63, 3.8) is 0 Å². The molecular formula is C22H32O5. The predicted octanol–water partition coefficient (Wildman–Crippen LogP) is 2.03. The summed E-state index contributed by atoms with van der Waals surface area (Å²) < 4.78 is 0. The third-order valence-electron chi connectivity index (χ3n) is 9.05. The fourth-order valence-electron chi connectivity index (χ4n) is 7.74. The molecule has 0 aromatic carbocycles. The third-order valence-corrected chi connectivity index (χ3v) is 9.05. The number of hydrogen-bond donors (Lipinski definition) is 3. The third kappa shape index (κ3) is 2.28. The number of hydrogen-bond acceptors (Lipinski definition) is 5. The van der Waals surface area contributed by atoms with Gasteiger partial charge in [-0.2, -0.15) is 0 Å². The van der Waals surface area contributed by atoms with Crippen LogP contribution in [0.4, 0.5) is 0 Å². The first-order valence-corrected chi connectivity index (χ1v) is 10.4. The van der Waals surface area contributed by atoms with Crippen molar-refractivity contribution in [2.45, 2.75) is 71.0 Å². The summed E-state index contributed by atoms with van der Waals surface area (Å²) in [7, 11) is 0. The van der Waals surface area contributed by atoms with Gasteiger partial charge in [0.05, 0.1) is 6.10 Å². The molecule has 0 radical (unpaired) electrons. The van der Waals surface area contributed by atoms with E-state index >= 15 is 0 Å². The average molecular weight is 376 g/mol. The highest BCUT2D eigenvalue weighted by Crippen LogP contribution is 2.68. The first-order valence-electron chi connectivity index (χ1n) is 10.4. The van der Waals surface area contributed by atoms with Gasteiger partial charge in [0.2, 0.25) is 0 Å². The lowest BCUT2D eigenvalue weighted by atomic mass is 9.45. The molecule has 0 aromatic heterocycles. The van der Waals surface area contributed by atoms with Gasteiger partial charge in [-0.3, -0.25) is 9.59 Å². The molecule has 0 bridgehead atoms. The van der Waals surface area contributed by atoms with E-state index in [4.69, 9.17) is 0 Å². The zero-order valence-electron chi connectivity index (χ0n) is 16.6. The number of Topliss-reactive ketones (excluding diaryl/α,β-unsaturated/α-hetero) is 1. The standard InChI is InChI=1S/C22H32O5/c1-12-8-16-15-5-4-13-9-14(24)6-7-20(13,2)19(15)17(25)10-21(16,3)22(12,27)18(26)11-23/h9,12,15-17,19,23,25,27H,4-8,10-11H2,1-3H3/t12-,15-,16-,17-,19+,20-,21-,22-/m0/s1. The second-order valence-electron chi connectivity index (χ2n) is 10.1. The highest BCUT2D eigenvalue weighted by molar-refractivity contribution is 5.92. The van der Waals surface area contributed by atoms with E-state index in [-0.39, 0.29) is 34.9 Å². The van der Waals surface area contributed by atoms with Crippen molar-refractivity contribution in [1.29, 1.82) is 0 Å². The van der Waals surface area contributed by atoms with Gasteiger partial charge in [-0.05, 0) is 67.3 Å². The van der Waals surface area contributed by atoms with Crippen LogP contribution >= 0.6 is 0 Å². The molecular weight excluding hydrogens is 344 g/mol. The van der Waals surface area contributed by atoms with Crippen molar-refractivity contribution in [3.05, 3.63) is 11.6 Å². The largest absolute Gasteiger partial charge is 0.393 e. The Labute approximate surface area is 160 Å². The molecule has 27 heavy (non-hydrogen) atoms. The maximum absolute atomic E-state index is 12.6. The van der Waals surface area contributed by atoms with Gasteiger partial charge in [-0.15, -0.1) is 0 Å². The molecule has 5 nitrogen and oxygen atoms in total. The first-order chi connectivity index (χ1) is 12.6. The summed E-state index contributed by atoms with van der Waals surface area (Å²) >= 11 is 0. The van der Waals surface area contributed by atoms with Crippen LogP contribution in [0, 0.1) is 34.5 Å². The Morgan fingerprint density at radius 1 is 1.30 bits per heavy atom. The van der Waals surface area contributed by atoms with Gasteiger partial charge in [0.25, 0.3) is 0 Å². The second kappa shape index (κ2) is 5.98. The molecule has 0 aliphatic heterocycles. The lowest BCUT2D eigenvalue weighted by Crippen LogP contribution is -2.63. The Hall–Kier alpha value is -1.04. The van der Waals surface area contributed by atoms with E-state index in [1.807, 2.05) is 19.9 Å². The number of fused-ring (bicyclic) bond motifs is 5. The van der Waals surface area contributed by atoms with E-state index in [1.54, 1.807) is 0 Å². The first kappa shape index (κ1) is 19.3. The minimum atomic E-state index is -1.59. The van der Waals surface area contributed by atoms with Crippen molar-refractivity contribution in [1.82, 2.24) is 0 Å². The van der Waals surface area contributed by atoms with E-state index in [0.717, 1.165) is 25.7 Å². The molecule has 5 heteroatoms. The fourth-order valence-corrected chi connectivity index (χ4v) is 7.74. The number of aliphatic hydroxyl groups excluding tert-OH is 2. The Balaban J connectivity index is 1.77. The maximum atomic E-state index is 12.6. The van der Waals surface area contributed by atoms with Crippen molar-refractivity contribution in [2.75, 3.05) is 6.61 Å². The molecule has 4 aliphatic rings. The van der Waals surface area contributed by atoms with Crippen LogP contribution < -0.4 is 0 Å². The van der Waals surface area contributed by atoms with Crippen LogP contribution in [-0.4, -0.2) is 45.2 Å². The van der Waals surface area contributed by atoms with E-state index in [9.17, 15) is 24.9 Å². The lowest BCUT2D eigenvalue weighted by molar-refractivity contribution is -0.187. The molecule has 0 saturated heterocycles. The van der Waals surface area contributed by atoms with Gasteiger partial charge in [0, 0.05) is 11.8 Å². The monoisotopic (exact) mass is 376 g/mol. The Morgan fingerprint density at radius 2 is 2.00 bits per heavy atom. The number of ketones is 2. The zero-order valence-corrected chi connectivity index (χ0v) is 16.6. The summed E-state index contributed by atoms with van der Waals surface area (Å²) in [6.07, 6.45) is 5.32. The summed E-state index contributed by atoms with van der Waals surface area (Å²) in [4.78, 5) is 24.5. The number of allylic oxidation sites excluding steroid dienone is 1. The lowest BCUT2D eigenvalue weighted by Gasteiger charge is -2.60. The van der Waals surface area contributed by atoms with Crippen LogP contribution in [0.25, 0.3) is 0 Å². The molecule has 8 atom stereocenters. The molecule has 4 aliphatic carbocycles. The van der Waals surface area contributed by atoms with Gasteiger partial charge in [-0.1, -0.05) is 26.3 Å². The van der Waals surface area contributed by atoms with Gasteiger partial charge >= 0.3 is 0 Å². The Kier molecular flexibility index (Phi) is 4.27. The summed E-state index contributed by atoms with van der Waals surface area (Å²) in [6.45, 7) is 5.36. The molecule has 3 N–H and O–H groups in total. The van der Waals surface area contributed by atoms with E-state index in [1.165, 1.54) is 5.57 Å². The minimum absolute atomic E-state index is 0.0578. The maximum Gasteiger partial charge on any atom is 0.190 e. The number of carbonyl (C=O) groups excluding carboxylic acids is 2. The Morgan fingerprint density at radius 3 is 2.67 bits per heavy atom. The summed E-state index contributed by atoms with van der Waals surface area (Å²) in [6, 6.07) is 0. The van der Waals surface area contributed by atoms with Crippen molar-refractivity contribution < 1.29 is 24.9 Å². The van der Waals surface area contributed by atoms with Crippen LogP contribution in [0.15, 0.2) is 11.6 Å². The summed E-state index contributed by atoms with van der Waals surface area (Å²) in [5, 5.41) is 32.2. The highest BCUT2D eigenvalue weighted by Gasteiger charge is 2.70. The smallest absolute Gasteiger partial charge is 0.190 e. The fraction of sp³-hybridized carbons (Fsp3) is 0.818. The molecule has 0 amide bonds. The normalized spacial score (nSPS) is 51.9. The molecule has 0 aromatic rings. The van der Waals surface area contributed by atoms with Gasteiger partial charge in [-0.25, -0.2) is 0 Å². The van der Waals surface area contributed by atoms with Crippen LogP contribution in [-0.2, 0) is 9.59 Å². The van der Waals surface area contributed by atoms with E-state index in [0.29, 0.717) is 12.8 Å². The van der Waals surface area contributed by atoms with Crippen molar-refractivity contribution in [3.8, 4) is 0 Å². The molecule has 0 unspecified atom stereocenters. The van der Waals surface area contributed by atoms with Crippen LogP contribution in [0.2, 0.25) is 0 Å². The number of rotatable bonds is 2. The van der Waals surface area contributed by atoms with Crippen molar-refractivity contribution >= 4 is 11.6 Å². The predicted molar refractivity (Wildman–Crippen MR) is 99.7 cm³/mol. The van der Waals surface area contributed by atoms with Gasteiger partial charge in [0.1, 0.15) is 12.2 Å². The number of carbonyl (C=O) groups is 2. The molecule has 0 heterocycles. The summed E-state index contributed by atoms with van der Waals surface area (Å²) in [5.41, 5.74) is -1.31. The molecule has 3 saturated carbocycles. The molecule has 0 spiro atoms. The SMILES string of the molecule is C[C@H]1C[C@H]2[C@@H]3CCC4=CC(=O)CC[C@]4(C)[C@H]3[C@@H](O)C[C@]2(C)[C@@]1(O)C(=O)CO. The Bertz CT molecular complexity index is 713.